The van der Waals surface area contributed by atoms with Crippen LogP contribution in [0.3, 0.4) is 0 Å². The number of rotatable bonds is 4. The first kappa shape index (κ1) is 12.5. The summed E-state index contributed by atoms with van der Waals surface area (Å²) in [5, 5.41) is 3.02. The molecule has 0 bridgehead atoms. The van der Waals surface area contributed by atoms with Crippen molar-refractivity contribution in [3.05, 3.63) is 0 Å². The lowest BCUT2D eigenvalue weighted by atomic mass is 9.98. The Labute approximate surface area is 91.5 Å². The predicted molar refractivity (Wildman–Crippen MR) is 59.3 cm³/mol. The number of hydrogen-bond donors (Lipinski definition) is 2. The van der Waals surface area contributed by atoms with Crippen LogP contribution in [0.4, 0.5) is 0 Å². The minimum Gasteiger partial charge on any atom is -0.370 e. The summed E-state index contributed by atoms with van der Waals surface area (Å²) < 4.78 is 5.00. The highest BCUT2D eigenvalue weighted by Gasteiger charge is 2.31. The molecule has 0 saturated heterocycles. The van der Waals surface area contributed by atoms with Crippen molar-refractivity contribution in [1.29, 1.82) is 0 Å². The molecule has 0 spiro atoms. The largest absolute Gasteiger partial charge is 0.370 e. The number of methoxy groups -OCH3 is 1. The van der Waals surface area contributed by atoms with Crippen LogP contribution in [0.2, 0.25) is 0 Å². The molecule has 0 aromatic heterocycles. The third-order valence-corrected chi connectivity index (χ3v) is 3.58. The molecular formula is C11H22N2O2. The zero-order chi connectivity index (χ0) is 11.4. The maximum absolute atomic E-state index is 11.7. The molecule has 1 aliphatic carbocycles. The zero-order valence-electron chi connectivity index (χ0n) is 9.82. The van der Waals surface area contributed by atoms with Crippen molar-refractivity contribution >= 4 is 5.91 Å². The summed E-state index contributed by atoms with van der Waals surface area (Å²) in [6.45, 7) is 4.65. The average molecular weight is 214 g/mol. The van der Waals surface area contributed by atoms with Crippen LogP contribution in [0.25, 0.3) is 0 Å². The molecule has 0 aliphatic heterocycles. The molecule has 1 amide bonds. The normalized spacial score (nSPS) is 32.7. The highest BCUT2D eigenvalue weighted by Crippen LogP contribution is 2.31. The van der Waals surface area contributed by atoms with Crippen LogP contribution >= 0.6 is 0 Å². The van der Waals surface area contributed by atoms with Gasteiger partial charge in [0.1, 0.15) is 6.10 Å². The van der Waals surface area contributed by atoms with Gasteiger partial charge in [0.05, 0.1) is 0 Å². The van der Waals surface area contributed by atoms with E-state index in [1.165, 1.54) is 13.5 Å². The van der Waals surface area contributed by atoms with Gasteiger partial charge in [0.25, 0.3) is 5.91 Å². The molecule has 88 valence electrons. The molecule has 1 aliphatic rings. The fourth-order valence-corrected chi connectivity index (χ4v) is 2.15. The van der Waals surface area contributed by atoms with E-state index in [2.05, 4.69) is 19.2 Å². The van der Waals surface area contributed by atoms with Gasteiger partial charge in [-0.05, 0) is 24.7 Å². The molecule has 0 radical (unpaired) electrons. The Bertz CT molecular complexity index is 217. The van der Waals surface area contributed by atoms with E-state index in [9.17, 15) is 4.79 Å². The fourth-order valence-electron chi connectivity index (χ4n) is 2.15. The quantitative estimate of drug-likeness (QED) is 0.716. The van der Waals surface area contributed by atoms with Gasteiger partial charge in [0.15, 0.2) is 0 Å². The Hall–Kier alpha value is -0.610. The standard InChI is InChI=1S/C11H22N2O2/c1-7-4-5-9(8(7)2)13-11(14)10(6-12)15-3/h7-10H,4-6,12H2,1-3H3,(H,13,14). The maximum Gasteiger partial charge on any atom is 0.250 e. The number of nitrogens with two attached hydrogens (primary N) is 1. The van der Waals surface area contributed by atoms with E-state index < -0.39 is 6.10 Å². The molecule has 0 aromatic carbocycles. The van der Waals surface area contributed by atoms with Gasteiger partial charge in [-0.3, -0.25) is 4.79 Å². The van der Waals surface area contributed by atoms with Crippen molar-refractivity contribution in [3.63, 3.8) is 0 Å². The summed E-state index contributed by atoms with van der Waals surface area (Å²) in [5.74, 6) is 1.16. The van der Waals surface area contributed by atoms with Crippen molar-refractivity contribution in [2.75, 3.05) is 13.7 Å². The minimum absolute atomic E-state index is 0.0778. The number of amides is 1. The van der Waals surface area contributed by atoms with Crippen LogP contribution in [-0.2, 0) is 9.53 Å². The fraction of sp³-hybridized carbons (Fsp3) is 0.909. The summed E-state index contributed by atoms with van der Waals surface area (Å²) in [5.41, 5.74) is 5.43. The molecule has 1 fully saturated rings. The van der Waals surface area contributed by atoms with E-state index in [0.29, 0.717) is 11.8 Å². The lowest BCUT2D eigenvalue weighted by Crippen LogP contribution is -2.46. The molecule has 1 rings (SSSR count). The molecule has 1 saturated carbocycles. The topological polar surface area (TPSA) is 64.3 Å². The Morgan fingerprint density at radius 1 is 1.53 bits per heavy atom. The van der Waals surface area contributed by atoms with Crippen LogP contribution in [0, 0.1) is 11.8 Å². The average Bonchev–Trinajstić information content (AvgIpc) is 2.52. The highest BCUT2D eigenvalue weighted by atomic mass is 16.5. The van der Waals surface area contributed by atoms with Gasteiger partial charge in [-0.1, -0.05) is 13.8 Å². The first-order valence-electron chi connectivity index (χ1n) is 5.63. The second-order valence-electron chi connectivity index (χ2n) is 4.49. The SMILES string of the molecule is COC(CN)C(=O)NC1CCC(C)C1C. The van der Waals surface area contributed by atoms with Gasteiger partial charge >= 0.3 is 0 Å². The number of hydrogen-bond acceptors (Lipinski definition) is 3. The predicted octanol–water partition coefficient (Wildman–Crippen LogP) is 0.511. The van der Waals surface area contributed by atoms with E-state index in [-0.39, 0.29) is 18.5 Å². The van der Waals surface area contributed by atoms with Crippen LogP contribution in [-0.4, -0.2) is 31.7 Å². The van der Waals surface area contributed by atoms with E-state index in [4.69, 9.17) is 10.5 Å². The Kier molecular flexibility index (Phi) is 4.54. The molecule has 0 heterocycles. The first-order chi connectivity index (χ1) is 7.10. The molecule has 0 aromatic rings. The highest BCUT2D eigenvalue weighted by molar-refractivity contribution is 5.81. The van der Waals surface area contributed by atoms with E-state index in [1.54, 1.807) is 0 Å². The molecule has 4 heteroatoms. The van der Waals surface area contributed by atoms with E-state index in [0.717, 1.165) is 6.42 Å². The smallest absolute Gasteiger partial charge is 0.250 e. The second kappa shape index (κ2) is 5.47. The number of nitrogens with one attached hydrogen (secondary N) is 1. The number of carbonyl (C=O) groups is 1. The second-order valence-corrected chi connectivity index (χ2v) is 4.49. The molecule has 4 atom stereocenters. The van der Waals surface area contributed by atoms with Gasteiger partial charge < -0.3 is 15.8 Å². The summed E-state index contributed by atoms with van der Waals surface area (Å²) in [6, 6.07) is 0.289. The van der Waals surface area contributed by atoms with Crippen molar-refractivity contribution < 1.29 is 9.53 Å². The van der Waals surface area contributed by atoms with Crippen LogP contribution in [0.1, 0.15) is 26.7 Å². The summed E-state index contributed by atoms with van der Waals surface area (Å²) in [7, 11) is 1.51. The maximum atomic E-state index is 11.7. The van der Waals surface area contributed by atoms with Crippen molar-refractivity contribution in [2.45, 2.75) is 38.8 Å². The monoisotopic (exact) mass is 214 g/mol. The number of ether oxygens (including phenoxy) is 1. The van der Waals surface area contributed by atoms with Crippen LogP contribution in [0.5, 0.6) is 0 Å². The summed E-state index contributed by atoms with van der Waals surface area (Å²) >= 11 is 0. The van der Waals surface area contributed by atoms with Gasteiger partial charge in [-0.15, -0.1) is 0 Å². The third-order valence-electron chi connectivity index (χ3n) is 3.58. The molecule has 4 nitrogen and oxygen atoms in total. The summed E-state index contributed by atoms with van der Waals surface area (Å²) in [4.78, 5) is 11.7. The van der Waals surface area contributed by atoms with Gasteiger partial charge in [0, 0.05) is 19.7 Å². The van der Waals surface area contributed by atoms with Gasteiger partial charge in [-0.25, -0.2) is 0 Å². The van der Waals surface area contributed by atoms with Crippen LogP contribution in [0.15, 0.2) is 0 Å². The molecule has 4 unspecified atom stereocenters. The Balaban J connectivity index is 2.44. The number of carbonyl (C=O) groups excluding carboxylic acids is 1. The van der Waals surface area contributed by atoms with Crippen molar-refractivity contribution in [3.8, 4) is 0 Å². The van der Waals surface area contributed by atoms with E-state index >= 15 is 0 Å². The van der Waals surface area contributed by atoms with Gasteiger partial charge in [-0.2, -0.15) is 0 Å². The first-order valence-corrected chi connectivity index (χ1v) is 5.63. The van der Waals surface area contributed by atoms with Crippen LogP contribution < -0.4 is 11.1 Å². The molecular weight excluding hydrogens is 192 g/mol. The van der Waals surface area contributed by atoms with Gasteiger partial charge in [0.2, 0.25) is 0 Å². The third kappa shape index (κ3) is 2.92. The Morgan fingerprint density at radius 2 is 2.20 bits per heavy atom. The Morgan fingerprint density at radius 3 is 2.60 bits per heavy atom. The minimum atomic E-state index is -0.506. The van der Waals surface area contributed by atoms with E-state index in [1.807, 2.05) is 0 Å². The zero-order valence-corrected chi connectivity index (χ0v) is 9.82. The molecule has 15 heavy (non-hydrogen) atoms. The summed E-state index contributed by atoms with van der Waals surface area (Å²) in [6.07, 6.45) is 1.75. The van der Waals surface area contributed by atoms with Crippen molar-refractivity contribution in [2.24, 2.45) is 17.6 Å². The molecule has 3 N–H and O–H groups in total. The lowest BCUT2D eigenvalue weighted by molar-refractivity contribution is -0.131. The van der Waals surface area contributed by atoms with Crippen molar-refractivity contribution in [1.82, 2.24) is 5.32 Å². The lowest BCUT2D eigenvalue weighted by Gasteiger charge is -2.22.